The molecule has 1 aromatic rings. The number of nitrogens with one attached hydrogen (secondary N) is 1. The summed E-state index contributed by atoms with van der Waals surface area (Å²) in [6.07, 6.45) is 7.15. The maximum absolute atomic E-state index is 3.10. The third kappa shape index (κ3) is 1.22. The normalized spacial score (nSPS) is 14.2. The molecule has 1 heteroatoms. The monoisotopic (exact) mass is 144 g/mol. The van der Waals surface area contributed by atoms with Crippen LogP contribution in [0.4, 0.5) is 0 Å². The lowest BCUT2D eigenvalue weighted by atomic mass is 10.1. The molecular weight excluding hydrogens is 134 g/mol. The molecule has 0 unspecified atom stereocenters. The van der Waals surface area contributed by atoms with E-state index in [-0.39, 0.29) is 0 Å². The molecule has 1 nitrogen and oxygen atoms in total. The molecule has 11 heavy (non-hydrogen) atoms. The molecule has 0 spiro atoms. The summed E-state index contributed by atoms with van der Waals surface area (Å²) in [7, 11) is 0. The van der Waals surface area contributed by atoms with Crippen LogP contribution in [0.2, 0.25) is 0 Å². The van der Waals surface area contributed by atoms with Crippen molar-refractivity contribution in [2.75, 3.05) is 0 Å². The van der Waals surface area contributed by atoms with Crippen molar-refractivity contribution in [2.45, 2.75) is 6.42 Å². The van der Waals surface area contributed by atoms with Crippen LogP contribution in [0, 0.1) is 0 Å². The molecule has 1 aliphatic rings. The smallest absolute Gasteiger partial charge is 0.174 e. The number of rotatable bonds is 0. The van der Waals surface area contributed by atoms with Crippen LogP contribution in [0.3, 0.4) is 0 Å². The van der Waals surface area contributed by atoms with Gasteiger partial charge in [0.1, 0.15) is 0 Å². The summed E-state index contributed by atoms with van der Waals surface area (Å²) in [6, 6.07) is 8.41. The zero-order chi connectivity index (χ0) is 7.52. The summed E-state index contributed by atoms with van der Waals surface area (Å²) >= 11 is 0. The first-order valence-electron chi connectivity index (χ1n) is 3.79. The fourth-order valence-corrected chi connectivity index (χ4v) is 1.25. The molecule has 0 saturated heterocycles. The molecule has 1 heterocycles. The van der Waals surface area contributed by atoms with E-state index in [1.165, 1.54) is 11.1 Å². The van der Waals surface area contributed by atoms with Gasteiger partial charge in [0, 0.05) is 5.56 Å². The average Bonchev–Trinajstić information content (AvgIpc) is 2.28. The minimum Gasteiger partial charge on any atom is -0.218 e. The number of hydrogen-bond donors (Lipinski definition) is 1. The van der Waals surface area contributed by atoms with Gasteiger partial charge < -0.3 is 0 Å². The van der Waals surface area contributed by atoms with Crippen molar-refractivity contribution >= 4 is 6.21 Å². The van der Waals surface area contributed by atoms with Gasteiger partial charge in [-0.25, -0.2) is 4.99 Å². The summed E-state index contributed by atoms with van der Waals surface area (Å²) in [4.78, 5) is 3.10. The second-order valence-corrected chi connectivity index (χ2v) is 2.62. The third-order valence-corrected chi connectivity index (χ3v) is 1.85. The molecule has 1 aromatic carbocycles. The van der Waals surface area contributed by atoms with Gasteiger partial charge in [0.05, 0.1) is 0 Å². The SMILES string of the molecule is C1=C[NH+]=Cc2ccccc2C1. The van der Waals surface area contributed by atoms with Crippen molar-refractivity contribution in [3.63, 3.8) is 0 Å². The Labute approximate surface area is 66.1 Å². The maximum Gasteiger partial charge on any atom is 0.174 e. The summed E-state index contributed by atoms with van der Waals surface area (Å²) < 4.78 is 0. The fourth-order valence-electron chi connectivity index (χ4n) is 1.25. The van der Waals surface area contributed by atoms with Crippen LogP contribution in [0.15, 0.2) is 36.5 Å². The molecule has 0 atom stereocenters. The predicted octanol–water partition coefficient (Wildman–Crippen LogP) is 0.256. The second kappa shape index (κ2) is 2.70. The first-order chi connectivity index (χ1) is 5.47. The molecule has 54 valence electrons. The summed E-state index contributed by atoms with van der Waals surface area (Å²) in [6.45, 7) is 0. The van der Waals surface area contributed by atoms with E-state index in [1.54, 1.807) is 0 Å². The number of allylic oxidation sites excluding steroid dienone is 1. The van der Waals surface area contributed by atoms with E-state index in [2.05, 4.69) is 35.3 Å². The lowest BCUT2D eigenvalue weighted by Crippen LogP contribution is -2.61. The van der Waals surface area contributed by atoms with E-state index in [0.717, 1.165) is 6.42 Å². The quantitative estimate of drug-likeness (QED) is 0.537. The van der Waals surface area contributed by atoms with Crippen LogP contribution in [0.25, 0.3) is 0 Å². The molecule has 0 aliphatic carbocycles. The van der Waals surface area contributed by atoms with Crippen LogP contribution in [-0.2, 0) is 6.42 Å². The highest BCUT2D eigenvalue weighted by Crippen LogP contribution is 2.06. The predicted molar refractivity (Wildman–Crippen MR) is 45.4 cm³/mol. The molecule has 0 amide bonds. The minimum atomic E-state index is 1.03. The molecular formula is C10H10N+. The highest BCUT2D eigenvalue weighted by atomic mass is 14.7. The van der Waals surface area contributed by atoms with Crippen LogP contribution < -0.4 is 4.99 Å². The van der Waals surface area contributed by atoms with Gasteiger partial charge in [-0.3, -0.25) is 0 Å². The van der Waals surface area contributed by atoms with Gasteiger partial charge in [-0.05, 0) is 24.1 Å². The highest BCUT2D eigenvalue weighted by Gasteiger charge is 2.01. The lowest BCUT2D eigenvalue weighted by molar-refractivity contribution is -0.365. The van der Waals surface area contributed by atoms with E-state index in [1.807, 2.05) is 12.4 Å². The summed E-state index contributed by atoms with van der Waals surface area (Å²) in [5, 5.41) is 0. The second-order valence-electron chi connectivity index (χ2n) is 2.62. The Kier molecular flexibility index (Phi) is 1.56. The van der Waals surface area contributed by atoms with Crippen molar-refractivity contribution in [1.82, 2.24) is 0 Å². The Hall–Kier alpha value is -1.37. The summed E-state index contributed by atoms with van der Waals surface area (Å²) in [5.74, 6) is 0. The van der Waals surface area contributed by atoms with Crippen molar-refractivity contribution in [3.8, 4) is 0 Å². The van der Waals surface area contributed by atoms with Crippen molar-refractivity contribution in [2.24, 2.45) is 0 Å². The maximum atomic E-state index is 3.10. The van der Waals surface area contributed by atoms with Crippen LogP contribution in [0.1, 0.15) is 11.1 Å². The molecule has 1 aliphatic heterocycles. The third-order valence-electron chi connectivity index (χ3n) is 1.85. The van der Waals surface area contributed by atoms with Crippen molar-refractivity contribution in [3.05, 3.63) is 47.7 Å². The summed E-state index contributed by atoms with van der Waals surface area (Å²) in [5.41, 5.74) is 2.67. The van der Waals surface area contributed by atoms with Crippen molar-refractivity contribution < 1.29 is 4.99 Å². The molecule has 0 aromatic heterocycles. The van der Waals surface area contributed by atoms with Gasteiger partial charge >= 0.3 is 0 Å². The van der Waals surface area contributed by atoms with Gasteiger partial charge in [0.25, 0.3) is 0 Å². The van der Waals surface area contributed by atoms with Crippen molar-refractivity contribution in [1.29, 1.82) is 0 Å². The largest absolute Gasteiger partial charge is 0.218 e. The molecule has 0 radical (unpaired) electrons. The zero-order valence-electron chi connectivity index (χ0n) is 6.25. The average molecular weight is 144 g/mol. The van der Waals surface area contributed by atoms with Gasteiger partial charge in [0.15, 0.2) is 12.4 Å². The van der Waals surface area contributed by atoms with Crippen LogP contribution >= 0.6 is 0 Å². The Morgan fingerprint density at radius 2 is 2.09 bits per heavy atom. The minimum absolute atomic E-state index is 1.03. The zero-order valence-corrected chi connectivity index (χ0v) is 6.25. The Balaban J connectivity index is 2.52. The number of fused-ring (bicyclic) bond motifs is 1. The fraction of sp³-hybridized carbons (Fsp3) is 0.100. The first-order valence-corrected chi connectivity index (χ1v) is 3.79. The molecule has 0 saturated carbocycles. The molecule has 2 rings (SSSR count). The van der Waals surface area contributed by atoms with Gasteiger partial charge in [-0.15, -0.1) is 0 Å². The highest BCUT2D eigenvalue weighted by molar-refractivity contribution is 5.77. The van der Waals surface area contributed by atoms with Gasteiger partial charge in [0.2, 0.25) is 0 Å². The van der Waals surface area contributed by atoms with E-state index in [0.29, 0.717) is 0 Å². The van der Waals surface area contributed by atoms with E-state index in [4.69, 9.17) is 0 Å². The number of benzene rings is 1. The topological polar surface area (TPSA) is 14.0 Å². The Morgan fingerprint density at radius 1 is 1.18 bits per heavy atom. The Bertz CT molecular complexity index is 310. The standard InChI is InChI=1S/C10H9N/c1-2-5-10-8-11-7-3-6-9(10)4-1/h1-5,7-8H,6H2/p+1. The number of hydrogen-bond acceptors (Lipinski definition) is 0. The molecule has 0 fully saturated rings. The van der Waals surface area contributed by atoms with E-state index < -0.39 is 0 Å². The van der Waals surface area contributed by atoms with Crippen LogP contribution in [0.5, 0.6) is 0 Å². The van der Waals surface area contributed by atoms with Gasteiger partial charge in [-0.1, -0.05) is 18.2 Å². The molecule has 1 N–H and O–H groups in total. The van der Waals surface area contributed by atoms with E-state index in [9.17, 15) is 0 Å². The molecule has 0 bridgehead atoms. The van der Waals surface area contributed by atoms with Crippen LogP contribution in [-0.4, -0.2) is 6.21 Å². The first kappa shape index (κ1) is 6.35. The lowest BCUT2D eigenvalue weighted by Gasteiger charge is -1.96. The van der Waals surface area contributed by atoms with Gasteiger partial charge in [-0.2, -0.15) is 0 Å². The van der Waals surface area contributed by atoms with E-state index >= 15 is 0 Å². The Morgan fingerprint density at radius 3 is 3.09 bits per heavy atom.